The highest BCUT2D eigenvalue weighted by Gasteiger charge is 2.18. The van der Waals surface area contributed by atoms with Crippen molar-refractivity contribution in [1.82, 2.24) is 14.2 Å². The first kappa shape index (κ1) is 27.7. The number of halogens is 2. The summed E-state index contributed by atoms with van der Waals surface area (Å²) in [4.78, 5) is 26.1. The van der Waals surface area contributed by atoms with E-state index in [2.05, 4.69) is 5.10 Å². The number of rotatable bonds is 8. The molecule has 0 aliphatic rings. The predicted octanol–water partition coefficient (Wildman–Crippen LogP) is 6.70. The molecule has 1 atom stereocenters. The average molecular weight is 578 g/mol. The SMILES string of the molecule is CC(O)c1cccc(-c2ccn3nccc(Oc4ccc(CC(=O)c5cccn(-c6ccc(F)cc6)c5=O)cc4F)c23)c1. The van der Waals surface area contributed by atoms with E-state index < -0.39 is 29.1 Å². The van der Waals surface area contributed by atoms with E-state index in [9.17, 15) is 19.1 Å². The van der Waals surface area contributed by atoms with Crippen LogP contribution in [0.5, 0.6) is 11.5 Å². The molecule has 0 saturated carbocycles. The van der Waals surface area contributed by atoms with Gasteiger partial charge in [-0.1, -0.05) is 24.3 Å². The minimum absolute atomic E-state index is 0.0486. The fourth-order valence-corrected chi connectivity index (χ4v) is 4.94. The normalized spacial score (nSPS) is 11.9. The van der Waals surface area contributed by atoms with Crippen LogP contribution in [0, 0.1) is 11.6 Å². The van der Waals surface area contributed by atoms with E-state index in [-0.39, 0.29) is 17.7 Å². The van der Waals surface area contributed by atoms with Crippen molar-refractivity contribution in [1.29, 1.82) is 0 Å². The Bertz CT molecular complexity index is 2030. The number of benzene rings is 3. The molecule has 3 heterocycles. The van der Waals surface area contributed by atoms with Gasteiger partial charge in [0.1, 0.15) is 11.3 Å². The van der Waals surface area contributed by atoms with Gasteiger partial charge in [-0.2, -0.15) is 5.10 Å². The number of aromatic nitrogens is 3. The van der Waals surface area contributed by atoms with Crippen LogP contribution in [0.3, 0.4) is 0 Å². The Labute approximate surface area is 244 Å². The highest BCUT2D eigenvalue weighted by Crippen LogP contribution is 2.36. The Hall–Kier alpha value is -5.41. The molecule has 7 nitrogen and oxygen atoms in total. The van der Waals surface area contributed by atoms with Gasteiger partial charge in [-0.3, -0.25) is 14.2 Å². The van der Waals surface area contributed by atoms with E-state index in [1.54, 1.807) is 42.0 Å². The number of hydrogen-bond donors (Lipinski definition) is 1. The second-order valence-electron chi connectivity index (χ2n) is 10.1. The highest BCUT2D eigenvalue weighted by atomic mass is 19.1. The number of pyridine rings is 1. The van der Waals surface area contributed by atoms with E-state index in [4.69, 9.17) is 4.74 Å². The number of fused-ring (bicyclic) bond motifs is 1. The lowest BCUT2D eigenvalue weighted by Gasteiger charge is -2.12. The molecule has 1 unspecified atom stereocenters. The predicted molar refractivity (Wildman–Crippen MR) is 158 cm³/mol. The highest BCUT2D eigenvalue weighted by molar-refractivity contribution is 5.97. The van der Waals surface area contributed by atoms with Gasteiger partial charge in [0, 0.05) is 36.1 Å². The average Bonchev–Trinajstić information content (AvgIpc) is 3.44. The molecule has 0 spiro atoms. The maximum absolute atomic E-state index is 15.3. The molecule has 6 rings (SSSR count). The maximum Gasteiger partial charge on any atom is 0.265 e. The van der Waals surface area contributed by atoms with Crippen molar-refractivity contribution >= 4 is 11.3 Å². The summed E-state index contributed by atoms with van der Waals surface area (Å²) in [5.74, 6) is -1.29. The maximum atomic E-state index is 15.3. The first-order chi connectivity index (χ1) is 20.8. The van der Waals surface area contributed by atoms with Gasteiger partial charge in [-0.05, 0) is 84.3 Å². The van der Waals surface area contributed by atoms with E-state index >= 15 is 4.39 Å². The van der Waals surface area contributed by atoms with Crippen LogP contribution >= 0.6 is 0 Å². The molecule has 0 amide bonds. The summed E-state index contributed by atoms with van der Waals surface area (Å²) >= 11 is 0. The molecule has 0 saturated heterocycles. The molecule has 214 valence electrons. The quantitative estimate of drug-likeness (QED) is 0.204. The monoisotopic (exact) mass is 577 g/mol. The van der Waals surface area contributed by atoms with Crippen molar-refractivity contribution in [2.24, 2.45) is 0 Å². The van der Waals surface area contributed by atoms with Crippen molar-refractivity contribution in [3.63, 3.8) is 0 Å². The number of aliphatic hydroxyl groups is 1. The summed E-state index contributed by atoms with van der Waals surface area (Å²) in [5.41, 5.74) is 3.17. The fraction of sp³-hybridized carbons (Fsp3) is 0.0882. The third-order valence-corrected chi connectivity index (χ3v) is 7.13. The zero-order valence-corrected chi connectivity index (χ0v) is 22.9. The summed E-state index contributed by atoms with van der Waals surface area (Å²) in [6, 6.07) is 23.5. The number of ketones is 1. The van der Waals surface area contributed by atoms with Crippen molar-refractivity contribution in [2.75, 3.05) is 0 Å². The minimum atomic E-state index is -0.679. The van der Waals surface area contributed by atoms with Crippen molar-refractivity contribution < 1.29 is 23.4 Å². The lowest BCUT2D eigenvalue weighted by molar-refractivity contribution is 0.0991. The summed E-state index contributed by atoms with van der Waals surface area (Å²) < 4.78 is 37.5. The largest absolute Gasteiger partial charge is 0.452 e. The van der Waals surface area contributed by atoms with Crippen molar-refractivity contribution in [3.8, 4) is 28.3 Å². The van der Waals surface area contributed by atoms with Crippen LogP contribution in [0.1, 0.15) is 34.5 Å². The molecule has 0 aliphatic carbocycles. The van der Waals surface area contributed by atoms with Crippen LogP contribution in [0.4, 0.5) is 8.78 Å². The Morgan fingerprint density at radius 1 is 0.930 bits per heavy atom. The molecule has 3 aromatic heterocycles. The number of hydrogen-bond acceptors (Lipinski definition) is 5. The Morgan fingerprint density at radius 3 is 2.51 bits per heavy atom. The summed E-state index contributed by atoms with van der Waals surface area (Å²) in [6.07, 6.45) is 3.96. The molecular weight excluding hydrogens is 552 g/mol. The van der Waals surface area contributed by atoms with Gasteiger partial charge in [-0.15, -0.1) is 0 Å². The van der Waals surface area contributed by atoms with Gasteiger partial charge in [0.05, 0.1) is 17.9 Å². The van der Waals surface area contributed by atoms with Gasteiger partial charge in [0.2, 0.25) is 0 Å². The van der Waals surface area contributed by atoms with E-state index in [0.29, 0.717) is 22.5 Å². The lowest BCUT2D eigenvalue weighted by atomic mass is 10.0. The minimum Gasteiger partial charge on any atom is -0.452 e. The zero-order chi connectivity index (χ0) is 30.1. The van der Waals surface area contributed by atoms with Crippen LogP contribution in [0.15, 0.2) is 114 Å². The molecule has 6 aromatic rings. The number of nitrogens with zero attached hydrogens (tertiary/aromatic N) is 3. The molecule has 0 aliphatic heterocycles. The lowest BCUT2D eigenvalue weighted by Crippen LogP contribution is -2.25. The molecular formula is C34H25F2N3O4. The molecule has 0 bridgehead atoms. The van der Waals surface area contributed by atoms with E-state index in [1.165, 1.54) is 53.2 Å². The van der Waals surface area contributed by atoms with Crippen LogP contribution in [0.2, 0.25) is 0 Å². The fourth-order valence-electron chi connectivity index (χ4n) is 4.94. The number of carbonyl (C=O) groups excluding carboxylic acids is 1. The number of carbonyl (C=O) groups is 1. The second-order valence-corrected chi connectivity index (χ2v) is 10.1. The first-order valence-electron chi connectivity index (χ1n) is 13.5. The van der Waals surface area contributed by atoms with Crippen molar-refractivity contribution in [2.45, 2.75) is 19.4 Å². The first-order valence-corrected chi connectivity index (χ1v) is 13.5. The summed E-state index contributed by atoms with van der Waals surface area (Å²) in [7, 11) is 0. The van der Waals surface area contributed by atoms with Crippen LogP contribution < -0.4 is 10.3 Å². The molecule has 0 radical (unpaired) electrons. The Morgan fingerprint density at radius 2 is 1.74 bits per heavy atom. The second kappa shape index (κ2) is 11.5. The summed E-state index contributed by atoms with van der Waals surface area (Å²) in [6.45, 7) is 1.69. The molecule has 1 N–H and O–H groups in total. The summed E-state index contributed by atoms with van der Waals surface area (Å²) in [5, 5.41) is 14.4. The van der Waals surface area contributed by atoms with Crippen LogP contribution in [-0.2, 0) is 6.42 Å². The van der Waals surface area contributed by atoms with Crippen molar-refractivity contribution in [3.05, 3.63) is 148 Å². The number of ether oxygens (including phenoxy) is 1. The Balaban J connectivity index is 1.25. The van der Waals surface area contributed by atoms with Gasteiger partial charge in [0.25, 0.3) is 5.56 Å². The van der Waals surface area contributed by atoms with Crippen LogP contribution in [0.25, 0.3) is 22.3 Å². The van der Waals surface area contributed by atoms with Gasteiger partial charge in [-0.25, -0.2) is 13.3 Å². The molecule has 43 heavy (non-hydrogen) atoms. The van der Waals surface area contributed by atoms with Gasteiger partial charge < -0.3 is 9.84 Å². The zero-order valence-electron chi connectivity index (χ0n) is 22.9. The van der Waals surface area contributed by atoms with Gasteiger partial charge >= 0.3 is 0 Å². The van der Waals surface area contributed by atoms with E-state index in [0.717, 1.165) is 16.7 Å². The smallest absolute Gasteiger partial charge is 0.265 e. The third-order valence-electron chi connectivity index (χ3n) is 7.13. The standard InChI is InChI=1S/C34H25F2N3O4/c1-21(40)23-4-2-5-24(20-23)27-14-17-39-33(27)32(13-15-37-39)43-31-12-7-22(18-29(31)36)19-30(41)28-6-3-16-38(34(28)42)26-10-8-25(35)9-11-26/h2-18,20-21,40H,19H2,1H3. The van der Waals surface area contributed by atoms with Gasteiger partial charge in [0.15, 0.2) is 23.1 Å². The van der Waals surface area contributed by atoms with E-state index in [1.807, 2.05) is 30.3 Å². The topological polar surface area (TPSA) is 85.8 Å². The molecule has 3 aromatic carbocycles. The molecule has 0 fully saturated rings. The number of Topliss-reactive ketones (excluding diaryl/α,β-unsaturated/α-hetero) is 1. The third kappa shape index (κ3) is 5.58. The van der Waals surface area contributed by atoms with Crippen LogP contribution in [-0.4, -0.2) is 25.1 Å². The molecule has 9 heteroatoms. The number of aliphatic hydroxyl groups excluding tert-OH is 1. The Kier molecular flexibility index (Phi) is 7.40.